The largest absolute Gasteiger partial charge is 0.364 e. The highest BCUT2D eigenvalue weighted by atomic mass is 35.5. The van der Waals surface area contributed by atoms with Gasteiger partial charge in [-0.1, -0.05) is 23.3 Å². The van der Waals surface area contributed by atoms with Crippen molar-refractivity contribution in [3.63, 3.8) is 0 Å². The zero-order valence-corrected chi connectivity index (χ0v) is 13.6. The van der Waals surface area contributed by atoms with Crippen LogP contribution in [0.4, 0.5) is 0 Å². The summed E-state index contributed by atoms with van der Waals surface area (Å²) in [6.07, 6.45) is 3.16. The summed E-state index contributed by atoms with van der Waals surface area (Å²) >= 11 is 6.18. The second kappa shape index (κ2) is 5.23. The number of halogens is 1. The molecule has 2 aromatic heterocycles. The van der Waals surface area contributed by atoms with E-state index in [1.165, 1.54) is 0 Å². The molecular formula is C16H17ClN4O2. The minimum atomic E-state index is 0.0802. The third-order valence-electron chi connectivity index (χ3n) is 4.72. The van der Waals surface area contributed by atoms with E-state index < -0.39 is 0 Å². The second-order valence-corrected chi connectivity index (χ2v) is 6.67. The fraction of sp³-hybridized carbons (Fsp3) is 0.438. The summed E-state index contributed by atoms with van der Waals surface area (Å²) in [6, 6.07) is 0. The number of hydrogen-bond acceptors (Lipinski definition) is 4. The lowest BCUT2D eigenvalue weighted by Gasteiger charge is -2.25. The number of hydrogen-bond donors (Lipinski definition) is 0. The molecule has 0 bridgehead atoms. The van der Waals surface area contributed by atoms with Crippen LogP contribution in [0.5, 0.6) is 0 Å². The summed E-state index contributed by atoms with van der Waals surface area (Å²) in [6.45, 7) is 7.43. The van der Waals surface area contributed by atoms with Crippen molar-refractivity contribution in [2.75, 3.05) is 6.54 Å². The molecule has 1 atom stereocenters. The Kier molecular flexibility index (Phi) is 3.30. The van der Waals surface area contributed by atoms with Crippen molar-refractivity contribution in [1.82, 2.24) is 19.8 Å². The van der Waals surface area contributed by atoms with Crippen LogP contribution in [-0.2, 0) is 30.7 Å². The predicted molar refractivity (Wildman–Crippen MR) is 84.7 cm³/mol. The Hall–Kier alpha value is -2.08. The van der Waals surface area contributed by atoms with Crippen LogP contribution in [0, 0.1) is 5.92 Å². The van der Waals surface area contributed by atoms with E-state index in [9.17, 15) is 4.79 Å². The van der Waals surface area contributed by atoms with Crippen LogP contribution in [0.3, 0.4) is 0 Å². The molecule has 2 aliphatic heterocycles. The molecule has 0 saturated heterocycles. The molecule has 0 saturated carbocycles. The number of fused-ring (bicyclic) bond motifs is 5. The first-order valence-corrected chi connectivity index (χ1v) is 8.04. The maximum Gasteiger partial charge on any atom is 0.219 e. The van der Waals surface area contributed by atoms with E-state index in [2.05, 4.69) is 11.7 Å². The smallest absolute Gasteiger partial charge is 0.219 e. The average Bonchev–Trinajstić information content (AvgIpc) is 3.06. The Labute approximate surface area is 138 Å². The van der Waals surface area contributed by atoms with Gasteiger partial charge in [0.1, 0.15) is 12.0 Å². The topological polar surface area (TPSA) is 64.2 Å². The highest BCUT2D eigenvalue weighted by molar-refractivity contribution is 6.29. The maximum atomic E-state index is 11.7. The van der Waals surface area contributed by atoms with Crippen molar-refractivity contribution in [2.24, 2.45) is 5.92 Å². The van der Waals surface area contributed by atoms with Crippen molar-refractivity contribution < 1.29 is 9.32 Å². The summed E-state index contributed by atoms with van der Waals surface area (Å²) in [4.78, 5) is 13.6. The number of nitrogens with zero attached hydrogens (tertiary/aromatic N) is 4. The highest BCUT2D eigenvalue weighted by Gasteiger charge is 2.33. The molecule has 23 heavy (non-hydrogen) atoms. The van der Waals surface area contributed by atoms with Gasteiger partial charge in [0.15, 0.2) is 0 Å². The van der Waals surface area contributed by atoms with Gasteiger partial charge in [0.25, 0.3) is 0 Å². The standard InChI is InChI=1S/C16H17ClN4O2/c1-9(17)11-5-12-8-23-19-15(12)16-13-7-20(10(2)22)4-3-14(13)18-21(16)6-11/h8,11H,1,3-7H2,2H3. The fourth-order valence-corrected chi connectivity index (χ4v) is 3.58. The molecular weight excluding hydrogens is 316 g/mol. The van der Waals surface area contributed by atoms with Gasteiger partial charge < -0.3 is 9.42 Å². The minimum Gasteiger partial charge on any atom is -0.364 e. The fourth-order valence-electron chi connectivity index (χ4n) is 3.44. The number of carbonyl (C=O) groups excluding carboxylic acids is 1. The van der Waals surface area contributed by atoms with Crippen LogP contribution in [0.15, 0.2) is 22.4 Å². The number of carbonyl (C=O) groups is 1. The molecule has 0 fully saturated rings. The third-order valence-corrected chi connectivity index (χ3v) is 5.03. The monoisotopic (exact) mass is 332 g/mol. The number of amides is 1. The average molecular weight is 333 g/mol. The lowest BCUT2D eigenvalue weighted by Crippen LogP contribution is -2.34. The number of aromatic nitrogens is 3. The molecule has 0 N–H and O–H groups in total. The Morgan fingerprint density at radius 1 is 1.52 bits per heavy atom. The van der Waals surface area contributed by atoms with Gasteiger partial charge in [-0.3, -0.25) is 9.48 Å². The minimum absolute atomic E-state index is 0.0802. The first-order chi connectivity index (χ1) is 11.0. The van der Waals surface area contributed by atoms with E-state index in [4.69, 9.17) is 21.2 Å². The lowest BCUT2D eigenvalue weighted by atomic mass is 9.98. The third kappa shape index (κ3) is 2.28. The van der Waals surface area contributed by atoms with Gasteiger partial charge in [0.05, 0.1) is 11.4 Å². The van der Waals surface area contributed by atoms with E-state index in [0.29, 0.717) is 24.7 Å². The van der Waals surface area contributed by atoms with Crippen molar-refractivity contribution in [1.29, 1.82) is 0 Å². The Morgan fingerprint density at radius 2 is 2.35 bits per heavy atom. The van der Waals surface area contributed by atoms with Crippen molar-refractivity contribution >= 4 is 17.5 Å². The molecule has 1 unspecified atom stereocenters. The molecule has 6 nitrogen and oxygen atoms in total. The Balaban J connectivity index is 1.86. The summed E-state index contributed by atoms with van der Waals surface area (Å²) < 4.78 is 7.16. The molecule has 4 heterocycles. The van der Waals surface area contributed by atoms with Gasteiger partial charge in [-0.25, -0.2) is 0 Å². The van der Waals surface area contributed by atoms with Crippen molar-refractivity contribution in [3.05, 3.63) is 34.7 Å². The molecule has 7 heteroatoms. The lowest BCUT2D eigenvalue weighted by molar-refractivity contribution is -0.129. The quantitative estimate of drug-likeness (QED) is 0.804. The predicted octanol–water partition coefficient (Wildman–Crippen LogP) is 2.37. The number of allylic oxidation sites excluding steroid dienone is 1. The summed E-state index contributed by atoms with van der Waals surface area (Å²) in [5.74, 6) is 0.165. The first-order valence-electron chi connectivity index (χ1n) is 7.66. The molecule has 0 aromatic carbocycles. The van der Waals surface area contributed by atoms with Crippen LogP contribution in [0.25, 0.3) is 11.4 Å². The zero-order chi connectivity index (χ0) is 16.1. The SMILES string of the molecule is C=C(Cl)C1Cc2conc2-c2c3c(nn2C1)CCN(C(C)=O)C3. The Bertz CT molecular complexity index is 807. The van der Waals surface area contributed by atoms with Crippen molar-refractivity contribution in [2.45, 2.75) is 32.9 Å². The molecule has 4 rings (SSSR count). The van der Waals surface area contributed by atoms with Crippen LogP contribution in [0.1, 0.15) is 23.7 Å². The van der Waals surface area contributed by atoms with Gasteiger partial charge in [-0.15, -0.1) is 0 Å². The van der Waals surface area contributed by atoms with Gasteiger partial charge in [-0.2, -0.15) is 5.10 Å². The summed E-state index contributed by atoms with van der Waals surface area (Å²) in [5, 5.41) is 9.56. The Morgan fingerprint density at radius 3 is 3.09 bits per heavy atom. The maximum absolute atomic E-state index is 11.7. The molecule has 120 valence electrons. The van der Waals surface area contributed by atoms with Gasteiger partial charge in [-0.05, 0) is 6.42 Å². The zero-order valence-electron chi connectivity index (χ0n) is 12.9. The van der Waals surface area contributed by atoms with E-state index in [0.717, 1.165) is 41.1 Å². The summed E-state index contributed by atoms with van der Waals surface area (Å²) in [7, 11) is 0. The molecule has 2 aromatic rings. The van der Waals surface area contributed by atoms with Gasteiger partial charge in [0.2, 0.25) is 5.91 Å². The highest BCUT2D eigenvalue weighted by Crippen LogP contribution is 2.37. The van der Waals surface area contributed by atoms with Gasteiger partial charge in [0, 0.05) is 55.1 Å². The molecule has 1 amide bonds. The van der Waals surface area contributed by atoms with Crippen LogP contribution in [0.2, 0.25) is 0 Å². The van der Waals surface area contributed by atoms with Crippen LogP contribution < -0.4 is 0 Å². The van der Waals surface area contributed by atoms with Crippen molar-refractivity contribution in [3.8, 4) is 11.4 Å². The number of rotatable bonds is 1. The molecule has 0 spiro atoms. The van der Waals surface area contributed by atoms with E-state index in [1.807, 2.05) is 9.58 Å². The molecule has 0 aliphatic carbocycles. The summed E-state index contributed by atoms with van der Waals surface area (Å²) in [5.41, 5.74) is 4.88. The molecule has 2 aliphatic rings. The first kappa shape index (κ1) is 14.5. The molecule has 0 radical (unpaired) electrons. The van der Waals surface area contributed by atoms with E-state index in [1.54, 1.807) is 13.2 Å². The van der Waals surface area contributed by atoms with E-state index >= 15 is 0 Å². The van der Waals surface area contributed by atoms with Gasteiger partial charge >= 0.3 is 0 Å². The van der Waals surface area contributed by atoms with Crippen LogP contribution in [-0.4, -0.2) is 32.3 Å². The second-order valence-electron chi connectivity index (χ2n) is 6.18. The van der Waals surface area contributed by atoms with E-state index in [-0.39, 0.29) is 11.8 Å². The normalized spacial score (nSPS) is 19.6. The van der Waals surface area contributed by atoms with Crippen LogP contribution >= 0.6 is 11.6 Å².